The van der Waals surface area contributed by atoms with Crippen LogP contribution in [0.4, 0.5) is 0 Å². The summed E-state index contributed by atoms with van der Waals surface area (Å²) in [5.74, 6) is 0. The van der Waals surface area contributed by atoms with Crippen molar-refractivity contribution in [3.63, 3.8) is 0 Å². The summed E-state index contributed by atoms with van der Waals surface area (Å²) in [5.41, 5.74) is -0.0463. The molecule has 15 heavy (non-hydrogen) atoms. The van der Waals surface area contributed by atoms with E-state index in [0.717, 1.165) is 12.8 Å². The molecule has 0 spiro atoms. The summed E-state index contributed by atoms with van der Waals surface area (Å²) in [4.78, 5) is 0. The Morgan fingerprint density at radius 2 is 1.60 bits per heavy atom. The van der Waals surface area contributed by atoms with Crippen molar-refractivity contribution in [1.82, 2.24) is 0 Å². The molecule has 92 valence electrons. The van der Waals surface area contributed by atoms with Gasteiger partial charge in [-0.25, -0.2) is 0 Å². The molecule has 0 aromatic heterocycles. The molecule has 4 heteroatoms. The molecule has 0 fully saturated rings. The van der Waals surface area contributed by atoms with Crippen LogP contribution < -0.4 is 0 Å². The molecule has 0 aromatic rings. The van der Waals surface area contributed by atoms with Crippen LogP contribution in [-0.4, -0.2) is 17.7 Å². The first-order valence-electron chi connectivity index (χ1n) is 5.55. The van der Waals surface area contributed by atoms with Crippen molar-refractivity contribution in [2.45, 2.75) is 65.0 Å². The Morgan fingerprint density at radius 1 is 1.13 bits per heavy atom. The standard InChI is InChI=1S/C11H24O3S/c1-6-8-10(3,4)9-11(5,7-2)15(12,13)14/h6-9H2,1-5H3,(H,12,13,14). The Hall–Kier alpha value is -0.0900. The summed E-state index contributed by atoms with van der Waals surface area (Å²) in [6.07, 6.45) is 2.94. The van der Waals surface area contributed by atoms with Crippen LogP contribution in [0.15, 0.2) is 0 Å². The van der Waals surface area contributed by atoms with Crippen LogP contribution in [0.1, 0.15) is 60.3 Å². The van der Waals surface area contributed by atoms with Gasteiger partial charge in [-0.1, -0.05) is 34.1 Å². The predicted molar refractivity (Wildman–Crippen MR) is 63.6 cm³/mol. The minimum Gasteiger partial charge on any atom is -0.285 e. The van der Waals surface area contributed by atoms with Crippen LogP contribution in [0.2, 0.25) is 0 Å². The fraction of sp³-hybridized carbons (Fsp3) is 1.00. The Balaban J connectivity index is 4.88. The van der Waals surface area contributed by atoms with Crippen molar-refractivity contribution in [2.75, 3.05) is 0 Å². The van der Waals surface area contributed by atoms with Gasteiger partial charge in [0.2, 0.25) is 0 Å². The van der Waals surface area contributed by atoms with E-state index in [0.29, 0.717) is 12.8 Å². The molecule has 0 bridgehead atoms. The van der Waals surface area contributed by atoms with Crippen molar-refractivity contribution < 1.29 is 13.0 Å². The molecule has 1 N–H and O–H groups in total. The van der Waals surface area contributed by atoms with E-state index in [1.54, 1.807) is 13.8 Å². The average Bonchev–Trinajstić information content (AvgIpc) is 2.00. The van der Waals surface area contributed by atoms with Gasteiger partial charge in [-0.3, -0.25) is 4.55 Å². The first-order chi connectivity index (χ1) is 6.58. The van der Waals surface area contributed by atoms with Crippen LogP contribution in [0.3, 0.4) is 0 Å². The van der Waals surface area contributed by atoms with Crippen molar-refractivity contribution in [1.29, 1.82) is 0 Å². The average molecular weight is 236 g/mol. The van der Waals surface area contributed by atoms with E-state index in [2.05, 4.69) is 20.8 Å². The van der Waals surface area contributed by atoms with Gasteiger partial charge in [0, 0.05) is 0 Å². The van der Waals surface area contributed by atoms with E-state index in [1.807, 2.05) is 0 Å². The highest BCUT2D eigenvalue weighted by atomic mass is 32.2. The predicted octanol–water partition coefficient (Wildman–Crippen LogP) is 3.26. The number of rotatable bonds is 6. The lowest BCUT2D eigenvalue weighted by Gasteiger charge is -2.34. The van der Waals surface area contributed by atoms with Gasteiger partial charge in [0.25, 0.3) is 10.1 Å². The highest BCUT2D eigenvalue weighted by Crippen LogP contribution is 2.37. The largest absolute Gasteiger partial charge is 0.285 e. The smallest absolute Gasteiger partial charge is 0.270 e. The topological polar surface area (TPSA) is 54.4 Å². The van der Waals surface area contributed by atoms with Crippen molar-refractivity contribution in [3.05, 3.63) is 0 Å². The first kappa shape index (κ1) is 14.9. The van der Waals surface area contributed by atoms with Crippen molar-refractivity contribution >= 4 is 10.1 Å². The van der Waals surface area contributed by atoms with Crippen LogP contribution in [-0.2, 0) is 10.1 Å². The van der Waals surface area contributed by atoms with Gasteiger partial charge in [0.15, 0.2) is 0 Å². The quantitative estimate of drug-likeness (QED) is 0.720. The minimum atomic E-state index is -3.97. The second kappa shape index (κ2) is 4.83. The third-order valence-corrected chi connectivity index (χ3v) is 4.83. The lowest BCUT2D eigenvalue weighted by Crippen LogP contribution is -2.38. The Morgan fingerprint density at radius 3 is 1.87 bits per heavy atom. The lowest BCUT2D eigenvalue weighted by atomic mass is 9.79. The third kappa shape index (κ3) is 4.11. The highest BCUT2D eigenvalue weighted by Gasteiger charge is 2.40. The van der Waals surface area contributed by atoms with E-state index in [4.69, 9.17) is 0 Å². The molecule has 0 rings (SSSR count). The minimum absolute atomic E-state index is 0.0463. The van der Waals surface area contributed by atoms with Crippen molar-refractivity contribution in [3.8, 4) is 0 Å². The van der Waals surface area contributed by atoms with Crippen LogP contribution in [0.5, 0.6) is 0 Å². The second-order valence-corrected chi connectivity index (χ2v) is 7.31. The maximum absolute atomic E-state index is 11.3. The Bertz CT molecular complexity index is 293. The zero-order valence-corrected chi connectivity index (χ0v) is 11.3. The van der Waals surface area contributed by atoms with Crippen LogP contribution in [0.25, 0.3) is 0 Å². The lowest BCUT2D eigenvalue weighted by molar-refractivity contribution is 0.252. The van der Waals surface area contributed by atoms with Gasteiger partial charge < -0.3 is 0 Å². The zero-order chi connectivity index (χ0) is 12.3. The molecule has 0 aliphatic rings. The third-order valence-electron chi connectivity index (χ3n) is 3.15. The molecular formula is C11H24O3S. The van der Waals surface area contributed by atoms with Gasteiger partial charge in [-0.05, 0) is 31.6 Å². The number of hydrogen-bond donors (Lipinski definition) is 1. The van der Waals surface area contributed by atoms with E-state index in [9.17, 15) is 13.0 Å². The molecule has 1 atom stereocenters. The summed E-state index contributed by atoms with van der Waals surface area (Å²) < 4.78 is 30.9. The normalized spacial score (nSPS) is 17.5. The maximum atomic E-state index is 11.3. The van der Waals surface area contributed by atoms with Crippen LogP contribution >= 0.6 is 0 Å². The van der Waals surface area contributed by atoms with Crippen molar-refractivity contribution in [2.24, 2.45) is 5.41 Å². The Labute approximate surface area is 94.0 Å². The molecule has 0 aromatic carbocycles. The van der Waals surface area contributed by atoms with Gasteiger partial charge in [-0.15, -0.1) is 0 Å². The van der Waals surface area contributed by atoms with E-state index in [-0.39, 0.29) is 5.41 Å². The van der Waals surface area contributed by atoms with Gasteiger partial charge >= 0.3 is 0 Å². The molecule has 0 saturated heterocycles. The van der Waals surface area contributed by atoms with Gasteiger partial charge in [0.1, 0.15) is 0 Å². The molecule has 1 unspecified atom stereocenters. The molecule has 0 heterocycles. The first-order valence-corrected chi connectivity index (χ1v) is 6.99. The summed E-state index contributed by atoms with van der Waals surface area (Å²) in [7, 11) is -3.97. The van der Waals surface area contributed by atoms with E-state index >= 15 is 0 Å². The zero-order valence-electron chi connectivity index (χ0n) is 10.5. The SMILES string of the molecule is CCCC(C)(C)CC(C)(CC)S(=O)(=O)O. The fourth-order valence-corrected chi connectivity index (χ4v) is 3.11. The Kier molecular flexibility index (Phi) is 4.80. The molecule has 0 amide bonds. The summed E-state index contributed by atoms with van der Waals surface area (Å²) >= 11 is 0. The number of hydrogen-bond acceptors (Lipinski definition) is 2. The highest BCUT2D eigenvalue weighted by molar-refractivity contribution is 7.87. The molecule has 0 saturated carbocycles. The van der Waals surface area contributed by atoms with Gasteiger partial charge in [0.05, 0.1) is 4.75 Å². The second-order valence-electron chi connectivity index (χ2n) is 5.37. The molecule has 3 nitrogen and oxygen atoms in total. The maximum Gasteiger partial charge on any atom is 0.270 e. The molecule has 0 radical (unpaired) electrons. The fourth-order valence-electron chi connectivity index (χ4n) is 2.18. The van der Waals surface area contributed by atoms with Crippen LogP contribution in [0, 0.1) is 5.41 Å². The summed E-state index contributed by atoms with van der Waals surface area (Å²) in [6, 6.07) is 0. The summed E-state index contributed by atoms with van der Waals surface area (Å²) in [6.45, 7) is 9.61. The monoisotopic (exact) mass is 236 g/mol. The van der Waals surface area contributed by atoms with E-state index in [1.165, 1.54) is 0 Å². The van der Waals surface area contributed by atoms with Gasteiger partial charge in [-0.2, -0.15) is 8.42 Å². The molecular weight excluding hydrogens is 212 g/mol. The van der Waals surface area contributed by atoms with E-state index < -0.39 is 14.9 Å². The summed E-state index contributed by atoms with van der Waals surface area (Å²) in [5, 5.41) is 0. The molecule has 0 aliphatic heterocycles. The molecule has 0 aliphatic carbocycles.